The molecule has 2 aliphatic heterocycles. The molecule has 0 aliphatic carbocycles. The number of fused-ring (bicyclic) bond motifs is 1. The highest BCUT2D eigenvalue weighted by Gasteiger charge is 2.32. The summed E-state index contributed by atoms with van der Waals surface area (Å²) in [5, 5.41) is 2.18. The van der Waals surface area contributed by atoms with E-state index in [2.05, 4.69) is 23.4 Å². The van der Waals surface area contributed by atoms with Crippen LogP contribution >= 0.6 is 23.1 Å². The van der Waals surface area contributed by atoms with Crippen LogP contribution in [0.2, 0.25) is 0 Å². The van der Waals surface area contributed by atoms with Gasteiger partial charge in [-0.1, -0.05) is 0 Å². The molecule has 18 heavy (non-hydrogen) atoms. The Morgan fingerprint density at radius 1 is 1.33 bits per heavy atom. The maximum absolute atomic E-state index is 12.6. The van der Waals surface area contributed by atoms with E-state index >= 15 is 0 Å². The van der Waals surface area contributed by atoms with Crippen LogP contribution in [0, 0.1) is 0 Å². The van der Waals surface area contributed by atoms with Crippen molar-refractivity contribution in [2.45, 2.75) is 11.7 Å². The molecule has 0 aromatic carbocycles. The van der Waals surface area contributed by atoms with Crippen LogP contribution in [0.1, 0.15) is 15.7 Å². The zero-order valence-electron chi connectivity index (χ0n) is 10.6. The van der Waals surface area contributed by atoms with Crippen molar-refractivity contribution in [2.24, 2.45) is 0 Å². The highest BCUT2D eigenvalue weighted by Crippen LogP contribution is 2.40. The van der Waals surface area contributed by atoms with E-state index in [1.165, 1.54) is 10.4 Å². The van der Waals surface area contributed by atoms with Gasteiger partial charge in [0.15, 0.2) is 0 Å². The molecule has 1 saturated heterocycles. The number of nitrogens with zero attached hydrogens (tertiary/aromatic N) is 2. The second kappa shape index (κ2) is 5.23. The molecule has 0 saturated carbocycles. The Balaban J connectivity index is 1.74. The summed E-state index contributed by atoms with van der Waals surface area (Å²) in [5.41, 5.74) is 1.28. The quantitative estimate of drug-likeness (QED) is 0.785. The number of thiophene rings is 1. The van der Waals surface area contributed by atoms with Crippen LogP contribution in [0.15, 0.2) is 11.4 Å². The molecule has 1 fully saturated rings. The normalized spacial score (nSPS) is 24.9. The zero-order valence-corrected chi connectivity index (χ0v) is 12.2. The molecule has 98 valence electrons. The Morgan fingerprint density at radius 3 is 2.89 bits per heavy atom. The molecule has 1 aromatic rings. The van der Waals surface area contributed by atoms with Gasteiger partial charge in [-0.2, -0.15) is 0 Å². The fourth-order valence-electron chi connectivity index (χ4n) is 2.54. The Labute approximate surface area is 116 Å². The lowest BCUT2D eigenvalue weighted by molar-refractivity contribution is -0.132. The summed E-state index contributed by atoms with van der Waals surface area (Å²) in [6.45, 7) is 3.76. The topological polar surface area (TPSA) is 23.6 Å². The first-order chi connectivity index (χ1) is 8.75. The SMILES string of the molecule is CN1CCN(C(=O)C2SCCc3sccc32)CC1. The minimum atomic E-state index is 0.0587. The second-order valence-corrected chi connectivity index (χ2v) is 7.14. The van der Waals surface area contributed by atoms with Crippen molar-refractivity contribution in [3.05, 3.63) is 21.9 Å². The van der Waals surface area contributed by atoms with Gasteiger partial charge in [0.1, 0.15) is 5.25 Å². The van der Waals surface area contributed by atoms with Gasteiger partial charge in [0.25, 0.3) is 0 Å². The summed E-state index contributed by atoms with van der Waals surface area (Å²) in [7, 11) is 2.12. The molecule has 0 N–H and O–H groups in total. The van der Waals surface area contributed by atoms with E-state index in [0.29, 0.717) is 5.91 Å². The second-order valence-electron chi connectivity index (χ2n) is 4.93. The van der Waals surface area contributed by atoms with E-state index in [9.17, 15) is 4.79 Å². The van der Waals surface area contributed by atoms with E-state index in [0.717, 1.165) is 38.4 Å². The van der Waals surface area contributed by atoms with Gasteiger partial charge in [-0.25, -0.2) is 0 Å². The molecule has 0 radical (unpaired) electrons. The van der Waals surface area contributed by atoms with E-state index in [-0.39, 0.29) is 5.25 Å². The fraction of sp³-hybridized carbons (Fsp3) is 0.615. The summed E-state index contributed by atoms with van der Waals surface area (Å²) in [6, 6.07) is 2.14. The molecule has 3 rings (SSSR count). The Bertz CT molecular complexity index is 438. The average molecular weight is 282 g/mol. The molecule has 3 heterocycles. The summed E-state index contributed by atoms with van der Waals surface area (Å²) in [5.74, 6) is 1.41. The molecule has 0 spiro atoms. The van der Waals surface area contributed by atoms with Gasteiger partial charge in [0.05, 0.1) is 0 Å². The van der Waals surface area contributed by atoms with Crippen LogP contribution in [-0.4, -0.2) is 54.7 Å². The lowest BCUT2D eigenvalue weighted by Gasteiger charge is -2.35. The molecule has 1 unspecified atom stereocenters. The molecule has 1 aromatic heterocycles. The smallest absolute Gasteiger partial charge is 0.240 e. The highest BCUT2D eigenvalue weighted by atomic mass is 32.2. The number of hydrogen-bond donors (Lipinski definition) is 0. The number of carbonyl (C=O) groups excluding carboxylic acids is 1. The lowest BCUT2D eigenvalue weighted by atomic mass is 10.1. The van der Waals surface area contributed by atoms with Gasteiger partial charge in [-0.15, -0.1) is 23.1 Å². The number of amides is 1. The van der Waals surface area contributed by atoms with Crippen molar-refractivity contribution in [1.29, 1.82) is 0 Å². The third kappa shape index (κ3) is 2.31. The Hall–Kier alpha value is -0.520. The van der Waals surface area contributed by atoms with Crippen molar-refractivity contribution < 1.29 is 4.79 Å². The van der Waals surface area contributed by atoms with E-state index in [1.54, 1.807) is 11.3 Å². The first-order valence-corrected chi connectivity index (χ1v) is 8.34. The minimum absolute atomic E-state index is 0.0587. The van der Waals surface area contributed by atoms with Crippen LogP contribution in [0.5, 0.6) is 0 Å². The fourth-order valence-corrected chi connectivity index (χ4v) is 4.92. The van der Waals surface area contributed by atoms with Gasteiger partial charge < -0.3 is 9.80 Å². The summed E-state index contributed by atoms with van der Waals surface area (Å²) < 4.78 is 0. The predicted molar refractivity (Wildman–Crippen MR) is 77.3 cm³/mol. The number of likely N-dealkylation sites (N-methyl/N-ethyl adjacent to an activating group) is 1. The Kier molecular flexibility index (Phi) is 3.63. The van der Waals surface area contributed by atoms with Crippen LogP contribution < -0.4 is 0 Å². The summed E-state index contributed by atoms with van der Waals surface area (Å²) in [4.78, 5) is 18.4. The number of thioether (sulfide) groups is 1. The zero-order chi connectivity index (χ0) is 12.5. The first kappa shape index (κ1) is 12.5. The third-order valence-electron chi connectivity index (χ3n) is 3.72. The van der Waals surface area contributed by atoms with E-state index in [1.807, 2.05) is 16.7 Å². The number of hydrogen-bond acceptors (Lipinski definition) is 4. The molecule has 1 amide bonds. The van der Waals surface area contributed by atoms with Crippen molar-refractivity contribution in [3.8, 4) is 0 Å². The highest BCUT2D eigenvalue weighted by molar-refractivity contribution is 8.00. The van der Waals surface area contributed by atoms with Crippen molar-refractivity contribution in [1.82, 2.24) is 9.80 Å². The predicted octanol–water partition coefficient (Wildman–Crippen LogP) is 1.85. The molecule has 0 bridgehead atoms. The average Bonchev–Trinajstić information content (AvgIpc) is 2.87. The lowest BCUT2D eigenvalue weighted by Crippen LogP contribution is -2.48. The van der Waals surface area contributed by atoms with Crippen molar-refractivity contribution >= 4 is 29.0 Å². The van der Waals surface area contributed by atoms with Gasteiger partial charge in [-0.05, 0) is 36.2 Å². The maximum atomic E-state index is 12.6. The van der Waals surface area contributed by atoms with E-state index in [4.69, 9.17) is 0 Å². The van der Waals surface area contributed by atoms with Gasteiger partial charge in [0, 0.05) is 31.1 Å². The monoisotopic (exact) mass is 282 g/mol. The first-order valence-electron chi connectivity index (χ1n) is 6.41. The number of piperazine rings is 1. The molecular formula is C13H18N2OS2. The van der Waals surface area contributed by atoms with Crippen LogP contribution in [0.4, 0.5) is 0 Å². The number of rotatable bonds is 1. The van der Waals surface area contributed by atoms with Gasteiger partial charge in [-0.3, -0.25) is 4.79 Å². The standard InChI is InChI=1S/C13H18N2OS2/c1-14-4-6-15(7-5-14)13(16)12-10-2-8-17-11(10)3-9-18-12/h2,8,12H,3-7,9H2,1H3. The maximum Gasteiger partial charge on any atom is 0.240 e. The van der Waals surface area contributed by atoms with Gasteiger partial charge in [0.2, 0.25) is 5.91 Å². The van der Waals surface area contributed by atoms with Crippen molar-refractivity contribution in [2.75, 3.05) is 39.0 Å². The summed E-state index contributed by atoms with van der Waals surface area (Å²) in [6.07, 6.45) is 1.13. The molecule has 1 atom stereocenters. The molecule has 2 aliphatic rings. The van der Waals surface area contributed by atoms with Gasteiger partial charge >= 0.3 is 0 Å². The number of carbonyl (C=O) groups is 1. The molecular weight excluding hydrogens is 264 g/mol. The van der Waals surface area contributed by atoms with Crippen LogP contribution in [0.25, 0.3) is 0 Å². The van der Waals surface area contributed by atoms with E-state index < -0.39 is 0 Å². The third-order valence-corrected chi connectivity index (χ3v) is 5.94. The largest absolute Gasteiger partial charge is 0.339 e. The summed E-state index contributed by atoms with van der Waals surface area (Å²) >= 11 is 3.62. The molecule has 3 nitrogen and oxygen atoms in total. The molecule has 5 heteroatoms. The number of aryl methyl sites for hydroxylation is 1. The Morgan fingerprint density at radius 2 is 2.11 bits per heavy atom. The van der Waals surface area contributed by atoms with Crippen LogP contribution in [0.3, 0.4) is 0 Å². The van der Waals surface area contributed by atoms with Crippen LogP contribution in [-0.2, 0) is 11.2 Å². The minimum Gasteiger partial charge on any atom is -0.339 e. The van der Waals surface area contributed by atoms with Crippen molar-refractivity contribution in [3.63, 3.8) is 0 Å².